The van der Waals surface area contributed by atoms with Crippen molar-refractivity contribution in [2.75, 3.05) is 64.3 Å². The molecule has 2 aliphatic heterocycles. The lowest BCUT2D eigenvalue weighted by Gasteiger charge is -2.34. The van der Waals surface area contributed by atoms with Gasteiger partial charge in [0.1, 0.15) is 11.6 Å². The molecule has 2 saturated heterocycles. The molecule has 0 bridgehead atoms. The molecule has 0 aliphatic carbocycles. The minimum atomic E-state index is -0.308. The van der Waals surface area contributed by atoms with Gasteiger partial charge in [0.2, 0.25) is 0 Å². The van der Waals surface area contributed by atoms with Crippen molar-refractivity contribution < 1.29 is 9.90 Å². The van der Waals surface area contributed by atoms with E-state index in [1.807, 2.05) is 4.90 Å². The van der Waals surface area contributed by atoms with Crippen LogP contribution in [0.4, 0.5) is 11.6 Å². The number of rotatable bonds is 10. The molecule has 0 saturated carbocycles. The Kier molecular flexibility index (Phi) is 9.40. The van der Waals surface area contributed by atoms with Crippen molar-refractivity contribution >= 4 is 17.5 Å². The van der Waals surface area contributed by atoms with Gasteiger partial charge in [-0.15, -0.1) is 0 Å². The van der Waals surface area contributed by atoms with Crippen LogP contribution in [0.15, 0.2) is 35.4 Å². The Bertz CT molecular complexity index is 1050. The van der Waals surface area contributed by atoms with E-state index in [1.165, 1.54) is 0 Å². The maximum Gasteiger partial charge on any atom is 0.349 e. The van der Waals surface area contributed by atoms with Gasteiger partial charge in [-0.05, 0) is 63.5 Å². The molecule has 1 amide bonds. The quantitative estimate of drug-likeness (QED) is 0.397. The van der Waals surface area contributed by atoms with E-state index in [-0.39, 0.29) is 18.2 Å². The van der Waals surface area contributed by atoms with Crippen LogP contribution in [0.25, 0.3) is 0 Å². The van der Waals surface area contributed by atoms with E-state index in [1.54, 1.807) is 35.2 Å². The molecule has 36 heavy (non-hydrogen) atoms. The van der Waals surface area contributed by atoms with Crippen molar-refractivity contribution in [1.82, 2.24) is 29.2 Å². The highest BCUT2D eigenvalue weighted by Crippen LogP contribution is 2.15. The number of likely N-dealkylation sites (tertiary alicyclic amines) is 1. The molecular formula is C25H38N8O3. The monoisotopic (exact) mass is 498 g/mol. The molecule has 0 radical (unpaired) electrons. The van der Waals surface area contributed by atoms with Gasteiger partial charge in [0, 0.05) is 63.3 Å². The average Bonchev–Trinajstić information content (AvgIpc) is 2.89. The summed E-state index contributed by atoms with van der Waals surface area (Å²) in [5.41, 5.74) is 6.19. The lowest BCUT2D eigenvalue weighted by molar-refractivity contribution is 0.0615. The Labute approximate surface area is 211 Å². The number of nitrogens with one attached hydrogen (secondary N) is 1. The SMILES string of the molecule is NC1CCN(CCCCn2ccc(Nc3cc(C(=O)N4CCN(CCO)CC4)ccn3)nc2=O)CC1. The molecule has 0 spiro atoms. The molecule has 11 nitrogen and oxygen atoms in total. The number of piperazine rings is 1. The number of β-amino-alcohol motifs (C(OH)–C–C–N with tert-alkyl or cyclic N) is 1. The van der Waals surface area contributed by atoms with E-state index in [0.29, 0.717) is 49.4 Å². The summed E-state index contributed by atoms with van der Waals surface area (Å²) < 4.78 is 1.63. The van der Waals surface area contributed by atoms with Crippen molar-refractivity contribution in [3.05, 3.63) is 46.6 Å². The molecule has 196 valence electrons. The highest BCUT2D eigenvalue weighted by molar-refractivity contribution is 5.95. The molecule has 4 N–H and O–H groups in total. The predicted molar refractivity (Wildman–Crippen MR) is 138 cm³/mol. The maximum atomic E-state index is 12.9. The summed E-state index contributed by atoms with van der Waals surface area (Å²) in [6, 6.07) is 5.47. The van der Waals surface area contributed by atoms with Gasteiger partial charge in [0.05, 0.1) is 6.61 Å². The second kappa shape index (κ2) is 12.9. The molecule has 0 unspecified atom stereocenters. The van der Waals surface area contributed by atoms with Crippen LogP contribution in [0.1, 0.15) is 36.0 Å². The number of carbonyl (C=O) groups is 1. The summed E-state index contributed by atoms with van der Waals surface area (Å²) in [6.45, 7) is 7.28. The summed E-state index contributed by atoms with van der Waals surface area (Å²) in [6.07, 6.45) is 7.39. The van der Waals surface area contributed by atoms with Crippen molar-refractivity contribution in [2.45, 2.75) is 38.3 Å². The standard InChI is InChI=1S/C25H38N8O3/c26-21-4-10-30(11-5-21)8-1-2-9-33-12-6-22(29-25(33)36)28-23-19-20(3-7-27-23)24(35)32-15-13-31(14-16-32)17-18-34/h3,6-7,12,19,21,34H,1-2,4-5,8-11,13-18,26H2,(H,27,28,29,36). The van der Waals surface area contributed by atoms with Crippen LogP contribution in [-0.2, 0) is 6.54 Å². The molecule has 2 aromatic heterocycles. The zero-order chi connectivity index (χ0) is 25.3. The lowest BCUT2D eigenvalue weighted by atomic mass is 10.1. The zero-order valence-electron chi connectivity index (χ0n) is 20.9. The van der Waals surface area contributed by atoms with Crippen LogP contribution in [0, 0.1) is 0 Å². The summed E-state index contributed by atoms with van der Waals surface area (Å²) in [7, 11) is 0. The fraction of sp³-hybridized carbons (Fsp3) is 0.600. The largest absolute Gasteiger partial charge is 0.395 e. The number of carbonyl (C=O) groups excluding carboxylic acids is 1. The Hall–Kier alpha value is -2.86. The summed E-state index contributed by atoms with van der Waals surface area (Å²) >= 11 is 0. The fourth-order valence-electron chi connectivity index (χ4n) is 4.72. The number of anilines is 2. The molecule has 2 aromatic rings. The van der Waals surface area contributed by atoms with Gasteiger partial charge in [-0.3, -0.25) is 14.3 Å². The van der Waals surface area contributed by atoms with Gasteiger partial charge in [0.15, 0.2) is 0 Å². The van der Waals surface area contributed by atoms with Crippen molar-refractivity contribution in [1.29, 1.82) is 0 Å². The van der Waals surface area contributed by atoms with Crippen molar-refractivity contribution in [2.24, 2.45) is 5.73 Å². The van der Waals surface area contributed by atoms with E-state index in [4.69, 9.17) is 10.8 Å². The number of amides is 1. The third-order valence-corrected chi connectivity index (χ3v) is 6.97. The number of piperidine rings is 1. The van der Waals surface area contributed by atoms with Crippen molar-refractivity contribution in [3.63, 3.8) is 0 Å². The zero-order valence-corrected chi connectivity index (χ0v) is 20.9. The number of hydrogen-bond acceptors (Lipinski definition) is 9. The third-order valence-electron chi connectivity index (χ3n) is 6.97. The summed E-state index contributed by atoms with van der Waals surface area (Å²) in [4.78, 5) is 40.3. The maximum absolute atomic E-state index is 12.9. The number of aliphatic hydroxyl groups excluding tert-OH is 1. The van der Waals surface area contributed by atoms with Crippen LogP contribution < -0.4 is 16.7 Å². The Morgan fingerprint density at radius 1 is 1.00 bits per heavy atom. The van der Waals surface area contributed by atoms with Crippen molar-refractivity contribution in [3.8, 4) is 0 Å². The second-order valence-electron chi connectivity index (χ2n) is 9.59. The van der Waals surface area contributed by atoms with Crippen LogP contribution in [0.5, 0.6) is 0 Å². The number of aryl methyl sites for hydroxylation is 1. The van der Waals surface area contributed by atoms with Gasteiger partial charge in [-0.2, -0.15) is 4.98 Å². The lowest BCUT2D eigenvalue weighted by Crippen LogP contribution is -2.49. The van der Waals surface area contributed by atoms with Crippen LogP contribution in [-0.4, -0.2) is 105 Å². The second-order valence-corrected chi connectivity index (χ2v) is 9.59. The smallest absolute Gasteiger partial charge is 0.349 e. The number of hydrogen-bond donors (Lipinski definition) is 3. The van der Waals surface area contributed by atoms with E-state index >= 15 is 0 Å². The van der Waals surface area contributed by atoms with Gasteiger partial charge < -0.3 is 26.0 Å². The van der Waals surface area contributed by atoms with Gasteiger partial charge in [-0.1, -0.05) is 0 Å². The first-order valence-electron chi connectivity index (χ1n) is 12.9. The normalized spacial score (nSPS) is 17.9. The molecule has 4 rings (SSSR count). The van der Waals surface area contributed by atoms with Gasteiger partial charge in [0.25, 0.3) is 5.91 Å². The Balaban J connectivity index is 1.26. The molecule has 11 heteroatoms. The van der Waals surface area contributed by atoms with Crippen LogP contribution in [0.2, 0.25) is 0 Å². The van der Waals surface area contributed by atoms with Crippen LogP contribution >= 0.6 is 0 Å². The first kappa shape index (κ1) is 26.2. The van der Waals surface area contributed by atoms with E-state index in [9.17, 15) is 9.59 Å². The molecule has 4 heterocycles. The highest BCUT2D eigenvalue weighted by Gasteiger charge is 2.22. The minimum absolute atomic E-state index is 0.0557. The first-order chi connectivity index (χ1) is 17.5. The molecular weight excluding hydrogens is 460 g/mol. The summed E-state index contributed by atoms with van der Waals surface area (Å²) in [5.74, 6) is 0.807. The third kappa shape index (κ3) is 7.33. The molecule has 2 aliphatic rings. The average molecular weight is 499 g/mol. The molecule has 0 aromatic carbocycles. The Morgan fingerprint density at radius 2 is 1.72 bits per heavy atom. The first-order valence-corrected chi connectivity index (χ1v) is 12.9. The number of pyridine rings is 1. The predicted octanol–water partition coefficient (Wildman–Crippen LogP) is 0.335. The fourth-order valence-corrected chi connectivity index (χ4v) is 4.72. The van der Waals surface area contributed by atoms with E-state index in [2.05, 4.69) is 25.1 Å². The number of nitrogens with zero attached hydrogens (tertiary/aromatic N) is 6. The number of aliphatic hydroxyl groups is 1. The number of aromatic nitrogens is 3. The van der Waals surface area contributed by atoms with Gasteiger partial charge in [-0.25, -0.2) is 9.78 Å². The molecule has 2 fully saturated rings. The highest BCUT2D eigenvalue weighted by atomic mass is 16.3. The minimum Gasteiger partial charge on any atom is -0.395 e. The topological polar surface area (TPSA) is 133 Å². The van der Waals surface area contributed by atoms with E-state index in [0.717, 1.165) is 58.4 Å². The number of nitrogens with two attached hydrogens (primary N) is 1. The summed E-state index contributed by atoms with van der Waals surface area (Å²) in [5, 5.41) is 12.1. The molecule has 0 atom stereocenters. The Morgan fingerprint density at radius 3 is 2.44 bits per heavy atom. The van der Waals surface area contributed by atoms with E-state index < -0.39 is 0 Å². The number of unbranched alkanes of at least 4 members (excludes halogenated alkanes) is 1. The van der Waals surface area contributed by atoms with Gasteiger partial charge >= 0.3 is 5.69 Å². The van der Waals surface area contributed by atoms with Crippen LogP contribution in [0.3, 0.4) is 0 Å².